The van der Waals surface area contributed by atoms with Crippen LogP contribution in [-0.2, 0) is 4.74 Å². The second-order valence-corrected chi connectivity index (χ2v) is 3.67. The maximum absolute atomic E-state index is 5.21. The fourth-order valence-electron chi connectivity index (χ4n) is 0.897. The van der Waals surface area contributed by atoms with E-state index < -0.39 is 0 Å². The van der Waals surface area contributed by atoms with Crippen molar-refractivity contribution in [2.24, 2.45) is 0 Å². The molecule has 0 aliphatic heterocycles. The van der Waals surface area contributed by atoms with Crippen LogP contribution in [0.1, 0.15) is 33.6 Å². The summed E-state index contributed by atoms with van der Waals surface area (Å²) < 4.78 is 5.21. The summed E-state index contributed by atoms with van der Waals surface area (Å²) >= 11 is 5.11. The Hall–Kier alpha value is -0.350. The van der Waals surface area contributed by atoms with Crippen molar-refractivity contribution in [3.05, 3.63) is 0 Å². The number of hydrogen-bond donors (Lipinski definition) is 2. The van der Waals surface area contributed by atoms with Crippen LogP contribution in [0.3, 0.4) is 0 Å². The molecule has 0 spiro atoms. The number of thiocarbonyl (C=S) groups is 1. The van der Waals surface area contributed by atoms with E-state index in [9.17, 15) is 0 Å². The zero-order chi connectivity index (χ0) is 10.8. The van der Waals surface area contributed by atoms with Crippen LogP contribution < -0.4 is 10.6 Å². The van der Waals surface area contributed by atoms with Gasteiger partial charge in [-0.05, 0) is 38.9 Å². The molecule has 0 aliphatic rings. The predicted molar refractivity (Wildman–Crippen MR) is 64.6 cm³/mol. The van der Waals surface area contributed by atoms with Crippen molar-refractivity contribution >= 4 is 17.3 Å². The lowest BCUT2D eigenvalue weighted by Crippen LogP contribution is -2.40. The van der Waals surface area contributed by atoms with Crippen molar-refractivity contribution < 1.29 is 4.74 Å². The van der Waals surface area contributed by atoms with Crippen molar-refractivity contribution in [3.8, 4) is 0 Å². The molecule has 0 saturated heterocycles. The first kappa shape index (κ1) is 13.7. The minimum atomic E-state index is 0.446. The first-order chi connectivity index (χ1) is 6.70. The maximum Gasteiger partial charge on any atom is 0.166 e. The highest BCUT2D eigenvalue weighted by Crippen LogP contribution is 1.87. The molecule has 3 nitrogen and oxygen atoms in total. The van der Waals surface area contributed by atoms with Gasteiger partial charge in [0.05, 0.1) is 0 Å². The van der Waals surface area contributed by atoms with E-state index in [1.54, 1.807) is 0 Å². The van der Waals surface area contributed by atoms with Gasteiger partial charge in [-0.2, -0.15) is 0 Å². The van der Waals surface area contributed by atoms with Crippen LogP contribution in [0.4, 0.5) is 0 Å². The summed E-state index contributed by atoms with van der Waals surface area (Å²) in [6, 6.07) is 0.446. The molecule has 0 aliphatic carbocycles. The van der Waals surface area contributed by atoms with E-state index in [-0.39, 0.29) is 0 Å². The molecule has 1 unspecified atom stereocenters. The van der Waals surface area contributed by atoms with Crippen LogP contribution in [0, 0.1) is 0 Å². The average molecular weight is 218 g/mol. The van der Waals surface area contributed by atoms with Crippen molar-refractivity contribution in [2.75, 3.05) is 19.8 Å². The van der Waals surface area contributed by atoms with Crippen LogP contribution in [0.15, 0.2) is 0 Å². The van der Waals surface area contributed by atoms with E-state index in [1.165, 1.54) is 0 Å². The molecule has 2 N–H and O–H groups in total. The Morgan fingerprint density at radius 1 is 1.43 bits per heavy atom. The predicted octanol–water partition coefficient (Wildman–Crippen LogP) is 1.68. The SMILES string of the molecule is CCOCCCNC(=S)NC(C)CC. The largest absolute Gasteiger partial charge is 0.382 e. The zero-order valence-electron chi connectivity index (χ0n) is 9.43. The Kier molecular flexibility index (Phi) is 8.98. The molecule has 0 heterocycles. The van der Waals surface area contributed by atoms with Gasteiger partial charge in [0.25, 0.3) is 0 Å². The minimum Gasteiger partial charge on any atom is -0.382 e. The molecule has 84 valence electrons. The highest BCUT2D eigenvalue weighted by atomic mass is 32.1. The molecule has 0 aromatic heterocycles. The monoisotopic (exact) mass is 218 g/mol. The second-order valence-electron chi connectivity index (χ2n) is 3.26. The van der Waals surface area contributed by atoms with Gasteiger partial charge in [0, 0.05) is 25.8 Å². The lowest BCUT2D eigenvalue weighted by Gasteiger charge is -2.15. The first-order valence-electron chi connectivity index (χ1n) is 5.32. The third kappa shape index (κ3) is 8.26. The molecule has 0 radical (unpaired) electrons. The molecule has 0 amide bonds. The van der Waals surface area contributed by atoms with E-state index >= 15 is 0 Å². The Balaban J connectivity index is 3.27. The summed E-state index contributed by atoms with van der Waals surface area (Å²) in [5, 5.41) is 7.09. The van der Waals surface area contributed by atoms with Crippen LogP contribution in [-0.4, -0.2) is 30.9 Å². The van der Waals surface area contributed by atoms with Crippen LogP contribution >= 0.6 is 12.2 Å². The molecule has 14 heavy (non-hydrogen) atoms. The van der Waals surface area contributed by atoms with Gasteiger partial charge in [-0.25, -0.2) is 0 Å². The fourth-order valence-corrected chi connectivity index (χ4v) is 1.20. The summed E-state index contributed by atoms with van der Waals surface area (Å²) in [4.78, 5) is 0. The molecule has 0 fully saturated rings. The standard InChI is InChI=1S/C10H22N2OS/c1-4-9(3)12-10(14)11-7-6-8-13-5-2/h9H,4-8H2,1-3H3,(H2,11,12,14). The average Bonchev–Trinajstić information content (AvgIpc) is 2.17. The molecule has 0 saturated carbocycles. The van der Waals surface area contributed by atoms with Gasteiger partial charge >= 0.3 is 0 Å². The van der Waals surface area contributed by atoms with Gasteiger partial charge in [0.2, 0.25) is 0 Å². The molecular formula is C10H22N2OS. The number of rotatable bonds is 7. The molecule has 1 atom stereocenters. The van der Waals surface area contributed by atoms with E-state index in [0.29, 0.717) is 6.04 Å². The Morgan fingerprint density at radius 3 is 2.71 bits per heavy atom. The van der Waals surface area contributed by atoms with E-state index in [4.69, 9.17) is 17.0 Å². The molecule has 0 bridgehead atoms. The van der Waals surface area contributed by atoms with E-state index in [0.717, 1.165) is 37.7 Å². The van der Waals surface area contributed by atoms with Gasteiger partial charge in [0.15, 0.2) is 5.11 Å². The summed E-state index contributed by atoms with van der Waals surface area (Å²) in [5.74, 6) is 0. The summed E-state index contributed by atoms with van der Waals surface area (Å²) in [7, 11) is 0. The van der Waals surface area contributed by atoms with Gasteiger partial charge in [0.1, 0.15) is 0 Å². The number of nitrogens with one attached hydrogen (secondary N) is 2. The summed E-state index contributed by atoms with van der Waals surface area (Å²) in [6.45, 7) is 8.72. The number of hydrogen-bond acceptors (Lipinski definition) is 2. The number of ether oxygens (including phenoxy) is 1. The highest BCUT2D eigenvalue weighted by Gasteiger charge is 1.99. The third-order valence-corrected chi connectivity index (χ3v) is 2.21. The first-order valence-corrected chi connectivity index (χ1v) is 5.73. The van der Waals surface area contributed by atoms with E-state index in [2.05, 4.69) is 24.5 Å². The minimum absolute atomic E-state index is 0.446. The Morgan fingerprint density at radius 2 is 2.14 bits per heavy atom. The molecule has 0 aromatic rings. The highest BCUT2D eigenvalue weighted by molar-refractivity contribution is 7.80. The molecular weight excluding hydrogens is 196 g/mol. The topological polar surface area (TPSA) is 33.3 Å². The summed E-state index contributed by atoms with van der Waals surface area (Å²) in [6.07, 6.45) is 2.08. The molecule has 4 heteroatoms. The fraction of sp³-hybridized carbons (Fsp3) is 0.900. The van der Waals surface area contributed by atoms with Crippen LogP contribution in [0.5, 0.6) is 0 Å². The quantitative estimate of drug-likeness (QED) is 0.503. The third-order valence-electron chi connectivity index (χ3n) is 1.94. The van der Waals surface area contributed by atoms with E-state index in [1.807, 2.05) is 6.92 Å². The normalized spacial score (nSPS) is 12.2. The Bertz CT molecular complexity index is 153. The smallest absolute Gasteiger partial charge is 0.166 e. The van der Waals surface area contributed by atoms with Gasteiger partial charge in [-0.15, -0.1) is 0 Å². The summed E-state index contributed by atoms with van der Waals surface area (Å²) in [5.41, 5.74) is 0. The Labute approximate surface area is 92.6 Å². The van der Waals surface area contributed by atoms with Gasteiger partial charge in [-0.1, -0.05) is 6.92 Å². The van der Waals surface area contributed by atoms with Gasteiger partial charge in [-0.3, -0.25) is 0 Å². The van der Waals surface area contributed by atoms with Crippen molar-refractivity contribution in [1.82, 2.24) is 10.6 Å². The van der Waals surface area contributed by atoms with Crippen molar-refractivity contribution in [2.45, 2.75) is 39.7 Å². The second kappa shape index (κ2) is 9.21. The van der Waals surface area contributed by atoms with Crippen LogP contribution in [0.2, 0.25) is 0 Å². The molecule has 0 rings (SSSR count). The molecule has 0 aromatic carbocycles. The van der Waals surface area contributed by atoms with Gasteiger partial charge < -0.3 is 15.4 Å². The van der Waals surface area contributed by atoms with Crippen molar-refractivity contribution in [3.63, 3.8) is 0 Å². The maximum atomic E-state index is 5.21. The van der Waals surface area contributed by atoms with Crippen molar-refractivity contribution in [1.29, 1.82) is 0 Å². The van der Waals surface area contributed by atoms with Crippen LogP contribution in [0.25, 0.3) is 0 Å². The zero-order valence-corrected chi connectivity index (χ0v) is 10.2. The lowest BCUT2D eigenvalue weighted by atomic mass is 10.3. The lowest BCUT2D eigenvalue weighted by molar-refractivity contribution is 0.145.